The molecule has 2 aromatic rings. The molecule has 1 N–H and O–H groups in total. The molecule has 1 aliphatic carbocycles. The van der Waals surface area contributed by atoms with Crippen molar-refractivity contribution in [2.24, 2.45) is 0 Å². The van der Waals surface area contributed by atoms with Crippen LogP contribution in [0.1, 0.15) is 42.5 Å². The second-order valence-corrected chi connectivity index (χ2v) is 7.87. The third kappa shape index (κ3) is 6.39. The summed E-state index contributed by atoms with van der Waals surface area (Å²) in [4.78, 5) is 14.8. The van der Waals surface area contributed by atoms with Gasteiger partial charge in [-0.25, -0.2) is 0 Å². The van der Waals surface area contributed by atoms with Crippen molar-refractivity contribution >= 4 is 11.6 Å². The molecule has 0 heterocycles. The monoisotopic (exact) mass is 412 g/mol. The molecular weight excluding hydrogens is 380 g/mol. The van der Waals surface area contributed by atoms with Crippen molar-refractivity contribution in [2.75, 3.05) is 39.7 Å². The lowest BCUT2D eigenvalue weighted by atomic mass is 10.1. The highest BCUT2D eigenvalue weighted by atomic mass is 16.5. The standard InChI is InChI=1S/C24H32N2O4/c1-26(2)15-6-16-29-20-12-10-19(11-13-20)25-24(27)18-9-14-22(23(17-18)28-3)30-21-7-4-5-8-21/h9-14,17,21H,4-8,15-16H2,1-3H3,(H,25,27). The van der Waals surface area contributed by atoms with Crippen molar-refractivity contribution < 1.29 is 19.0 Å². The van der Waals surface area contributed by atoms with Crippen LogP contribution in [0, 0.1) is 0 Å². The number of ether oxygens (including phenoxy) is 3. The van der Waals surface area contributed by atoms with Gasteiger partial charge in [0, 0.05) is 17.8 Å². The Morgan fingerprint density at radius 1 is 1.07 bits per heavy atom. The number of anilines is 1. The van der Waals surface area contributed by atoms with E-state index in [4.69, 9.17) is 14.2 Å². The van der Waals surface area contributed by atoms with Gasteiger partial charge in [0.1, 0.15) is 5.75 Å². The average molecular weight is 413 g/mol. The van der Waals surface area contributed by atoms with Crippen LogP contribution in [0.2, 0.25) is 0 Å². The van der Waals surface area contributed by atoms with E-state index < -0.39 is 0 Å². The van der Waals surface area contributed by atoms with Crippen LogP contribution in [-0.2, 0) is 0 Å². The van der Waals surface area contributed by atoms with Crippen molar-refractivity contribution in [1.82, 2.24) is 4.90 Å². The fourth-order valence-corrected chi connectivity index (χ4v) is 3.50. The minimum Gasteiger partial charge on any atom is -0.494 e. The number of carbonyl (C=O) groups excluding carboxylic acids is 1. The van der Waals surface area contributed by atoms with Crippen LogP contribution < -0.4 is 19.5 Å². The summed E-state index contributed by atoms with van der Waals surface area (Å²) in [7, 11) is 5.68. The van der Waals surface area contributed by atoms with Crippen molar-refractivity contribution in [3.05, 3.63) is 48.0 Å². The van der Waals surface area contributed by atoms with E-state index in [0.29, 0.717) is 29.4 Å². The van der Waals surface area contributed by atoms with Gasteiger partial charge in [-0.05, 0) is 88.7 Å². The van der Waals surface area contributed by atoms with Crippen LogP contribution in [0.3, 0.4) is 0 Å². The molecule has 1 saturated carbocycles. The first-order valence-corrected chi connectivity index (χ1v) is 10.6. The fraction of sp³-hybridized carbons (Fsp3) is 0.458. The van der Waals surface area contributed by atoms with Crippen molar-refractivity contribution in [3.63, 3.8) is 0 Å². The summed E-state index contributed by atoms with van der Waals surface area (Å²) in [6.07, 6.45) is 5.75. The highest BCUT2D eigenvalue weighted by Crippen LogP contribution is 2.32. The second kappa shape index (κ2) is 10.9. The first-order chi connectivity index (χ1) is 14.5. The SMILES string of the molecule is COc1cc(C(=O)Nc2ccc(OCCCN(C)C)cc2)ccc1OC1CCCC1. The summed E-state index contributed by atoms with van der Waals surface area (Å²) in [5.74, 6) is 1.87. The first kappa shape index (κ1) is 22.0. The van der Waals surface area contributed by atoms with Gasteiger partial charge in [-0.15, -0.1) is 0 Å². The molecule has 0 spiro atoms. The van der Waals surface area contributed by atoms with Crippen molar-refractivity contribution in [1.29, 1.82) is 0 Å². The van der Waals surface area contributed by atoms with E-state index in [-0.39, 0.29) is 12.0 Å². The van der Waals surface area contributed by atoms with Gasteiger partial charge in [-0.1, -0.05) is 0 Å². The van der Waals surface area contributed by atoms with Crippen LogP contribution in [-0.4, -0.2) is 51.3 Å². The summed E-state index contributed by atoms with van der Waals surface area (Å²) in [6.45, 7) is 1.65. The van der Waals surface area contributed by atoms with E-state index in [1.807, 2.05) is 44.4 Å². The zero-order valence-electron chi connectivity index (χ0n) is 18.1. The molecule has 2 aromatic carbocycles. The molecule has 1 aliphatic rings. The zero-order chi connectivity index (χ0) is 21.3. The average Bonchev–Trinajstić information content (AvgIpc) is 3.25. The zero-order valence-corrected chi connectivity index (χ0v) is 18.1. The van der Waals surface area contributed by atoms with Gasteiger partial charge in [0.25, 0.3) is 5.91 Å². The molecule has 0 radical (unpaired) electrons. The predicted octanol–water partition coefficient (Wildman–Crippen LogP) is 4.60. The van der Waals surface area contributed by atoms with Crippen molar-refractivity contribution in [3.8, 4) is 17.2 Å². The van der Waals surface area contributed by atoms with Gasteiger partial charge in [-0.2, -0.15) is 0 Å². The number of benzene rings is 2. The molecule has 0 unspecified atom stereocenters. The Balaban J connectivity index is 1.55. The van der Waals surface area contributed by atoms with Crippen LogP contribution >= 0.6 is 0 Å². The Hall–Kier alpha value is -2.73. The van der Waals surface area contributed by atoms with E-state index in [1.54, 1.807) is 19.2 Å². The predicted molar refractivity (Wildman–Crippen MR) is 119 cm³/mol. The second-order valence-electron chi connectivity index (χ2n) is 7.87. The quantitative estimate of drug-likeness (QED) is 0.578. The van der Waals surface area contributed by atoms with Crippen LogP contribution in [0.15, 0.2) is 42.5 Å². The summed E-state index contributed by atoms with van der Waals surface area (Å²) in [5, 5.41) is 2.91. The Bertz CT molecular complexity index is 814. The lowest BCUT2D eigenvalue weighted by molar-refractivity contribution is 0.102. The molecule has 162 valence electrons. The molecule has 1 fully saturated rings. The van der Waals surface area contributed by atoms with Gasteiger partial charge in [0.15, 0.2) is 11.5 Å². The lowest BCUT2D eigenvalue weighted by Crippen LogP contribution is -2.15. The Labute approximate surface area is 179 Å². The maximum Gasteiger partial charge on any atom is 0.255 e. The fourth-order valence-electron chi connectivity index (χ4n) is 3.50. The van der Waals surface area contributed by atoms with Crippen LogP contribution in [0.4, 0.5) is 5.69 Å². The Kier molecular flexibility index (Phi) is 7.97. The van der Waals surface area contributed by atoms with E-state index >= 15 is 0 Å². The van der Waals surface area contributed by atoms with E-state index in [2.05, 4.69) is 10.2 Å². The highest BCUT2D eigenvalue weighted by molar-refractivity contribution is 6.04. The van der Waals surface area contributed by atoms with Crippen molar-refractivity contribution in [2.45, 2.75) is 38.2 Å². The molecule has 3 rings (SSSR count). The topological polar surface area (TPSA) is 60.0 Å². The largest absolute Gasteiger partial charge is 0.494 e. The number of hydrogen-bond donors (Lipinski definition) is 1. The van der Waals surface area contributed by atoms with Gasteiger partial charge in [0.2, 0.25) is 0 Å². The van der Waals surface area contributed by atoms with Gasteiger partial charge in [0.05, 0.1) is 19.8 Å². The van der Waals surface area contributed by atoms with Crippen LogP contribution in [0.25, 0.3) is 0 Å². The molecule has 6 nitrogen and oxygen atoms in total. The first-order valence-electron chi connectivity index (χ1n) is 10.6. The number of nitrogens with zero attached hydrogens (tertiary/aromatic N) is 1. The Morgan fingerprint density at radius 2 is 1.80 bits per heavy atom. The number of nitrogens with one attached hydrogen (secondary N) is 1. The lowest BCUT2D eigenvalue weighted by Gasteiger charge is -2.16. The van der Waals surface area contributed by atoms with Gasteiger partial charge < -0.3 is 24.4 Å². The van der Waals surface area contributed by atoms with E-state index in [1.165, 1.54) is 12.8 Å². The maximum absolute atomic E-state index is 12.7. The molecule has 0 bridgehead atoms. The highest BCUT2D eigenvalue weighted by Gasteiger charge is 2.19. The minimum atomic E-state index is -0.194. The normalized spacial score (nSPS) is 14.0. The number of methoxy groups -OCH3 is 1. The molecule has 0 saturated heterocycles. The summed E-state index contributed by atoms with van der Waals surface area (Å²) < 4.78 is 17.2. The molecule has 30 heavy (non-hydrogen) atoms. The number of rotatable bonds is 10. The molecular formula is C24H32N2O4. The summed E-state index contributed by atoms with van der Waals surface area (Å²) in [5.41, 5.74) is 1.24. The van der Waals surface area contributed by atoms with E-state index in [0.717, 1.165) is 31.6 Å². The maximum atomic E-state index is 12.7. The smallest absolute Gasteiger partial charge is 0.255 e. The van der Waals surface area contributed by atoms with Gasteiger partial charge >= 0.3 is 0 Å². The molecule has 6 heteroatoms. The van der Waals surface area contributed by atoms with Gasteiger partial charge in [-0.3, -0.25) is 4.79 Å². The Morgan fingerprint density at radius 3 is 2.47 bits per heavy atom. The molecule has 0 aromatic heterocycles. The van der Waals surface area contributed by atoms with Crippen LogP contribution in [0.5, 0.6) is 17.2 Å². The third-order valence-electron chi connectivity index (χ3n) is 5.15. The number of carbonyl (C=O) groups is 1. The molecule has 0 aliphatic heterocycles. The third-order valence-corrected chi connectivity index (χ3v) is 5.15. The molecule has 0 atom stereocenters. The number of amides is 1. The van der Waals surface area contributed by atoms with E-state index in [9.17, 15) is 4.79 Å². The number of hydrogen-bond acceptors (Lipinski definition) is 5. The summed E-state index contributed by atoms with van der Waals surface area (Å²) in [6, 6.07) is 12.7. The minimum absolute atomic E-state index is 0.194. The summed E-state index contributed by atoms with van der Waals surface area (Å²) >= 11 is 0. The molecule has 1 amide bonds.